The second kappa shape index (κ2) is 5.14. The molecule has 15 heavy (non-hydrogen) atoms. The standard InChI is InChI=1S/C9H14F3NO2/c1-4-13(5-9(10,11)12)8(15)7(14)6(2)3/h6H,4-5H2,1-3H3. The van der Waals surface area contributed by atoms with Crippen molar-refractivity contribution in [1.29, 1.82) is 0 Å². The fraction of sp³-hybridized carbons (Fsp3) is 0.778. The van der Waals surface area contributed by atoms with Crippen LogP contribution in [0.2, 0.25) is 0 Å². The largest absolute Gasteiger partial charge is 0.406 e. The van der Waals surface area contributed by atoms with Gasteiger partial charge < -0.3 is 4.90 Å². The van der Waals surface area contributed by atoms with Crippen LogP contribution in [-0.4, -0.2) is 35.9 Å². The van der Waals surface area contributed by atoms with E-state index >= 15 is 0 Å². The highest BCUT2D eigenvalue weighted by Crippen LogP contribution is 2.16. The van der Waals surface area contributed by atoms with Crippen LogP contribution in [-0.2, 0) is 9.59 Å². The highest BCUT2D eigenvalue weighted by atomic mass is 19.4. The summed E-state index contributed by atoms with van der Waals surface area (Å²) in [5, 5.41) is 0. The van der Waals surface area contributed by atoms with Crippen molar-refractivity contribution in [2.24, 2.45) is 5.92 Å². The minimum Gasteiger partial charge on any atom is -0.327 e. The summed E-state index contributed by atoms with van der Waals surface area (Å²) < 4.78 is 36.0. The first-order chi connectivity index (χ1) is 6.69. The van der Waals surface area contributed by atoms with Crippen LogP contribution in [0.5, 0.6) is 0 Å². The zero-order chi connectivity index (χ0) is 12.2. The van der Waals surface area contributed by atoms with Crippen LogP contribution in [0, 0.1) is 5.92 Å². The maximum Gasteiger partial charge on any atom is 0.406 e. The average molecular weight is 225 g/mol. The van der Waals surface area contributed by atoms with Gasteiger partial charge in [-0.2, -0.15) is 13.2 Å². The van der Waals surface area contributed by atoms with E-state index in [1.54, 1.807) is 0 Å². The van der Waals surface area contributed by atoms with E-state index in [9.17, 15) is 22.8 Å². The van der Waals surface area contributed by atoms with Gasteiger partial charge in [-0.15, -0.1) is 0 Å². The number of ketones is 1. The molecule has 0 aliphatic heterocycles. The van der Waals surface area contributed by atoms with Crippen molar-refractivity contribution in [3.05, 3.63) is 0 Å². The fourth-order valence-electron chi connectivity index (χ4n) is 0.946. The molecule has 0 rings (SSSR count). The Morgan fingerprint density at radius 3 is 2.00 bits per heavy atom. The Hall–Kier alpha value is -1.07. The quantitative estimate of drug-likeness (QED) is 0.682. The van der Waals surface area contributed by atoms with E-state index in [0.29, 0.717) is 4.90 Å². The Morgan fingerprint density at radius 1 is 1.27 bits per heavy atom. The Labute approximate surface area is 86.2 Å². The molecule has 0 bridgehead atoms. The summed E-state index contributed by atoms with van der Waals surface area (Å²) in [7, 11) is 0. The van der Waals surface area contributed by atoms with Crippen LogP contribution >= 0.6 is 0 Å². The number of carbonyl (C=O) groups excluding carboxylic acids is 2. The molecule has 0 atom stereocenters. The zero-order valence-corrected chi connectivity index (χ0v) is 8.89. The summed E-state index contributed by atoms with van der Waals surface area (Å²) in [6.07, 6.45) is -4.47. The number of likely N-dealkylation sites (N-methyl/N-ethyl adjacent to an activating group) is 1. The van der Waals surface area contributed by atoms with E-state index in [-0.39, 0.29) is 6.54 Å². The number of carbonyl (C=O) groups is 2. The lowest BCUT2D eigenvalue weighted by atomic mass is 10.1. The first-order valence-electron chi connectivity index (χ1n) is 4.59. The fourth-order valence-corrected chi connectivity index (χ4v) is 0.946. The zero-order valence-electron chi connectivity index (χ0n) is 8.89. The molecular formula is C9H14F3NO2. The van der Waals surface area contributed by atoms with Gasteiger partial charge in [0.05, 0.1) is 0 Å². The van der Waals surface area contributed by atoms with Gasteiger partial charge in [-0.05, 0) is 6.92 Å². The van der Waals surface area contributed by atoms with Crippen LogP contribution in [0.4, 0.5) is 13.2 Å². The monoisotopic (exact) mass is 225 g/mol. The van der Waals surface area contributed by atoms with Crippen LogP contribution in [0.15, 0.2) is 0 Å². The van der Waals surface area contributed by atoms with Crippen molar-refractivity contribution in [2.75, 3.05) is 13.1 Å². The predicted octanol–water partition coefficient (Wildman–Crippen LogP) is 1.62. The average Bonchev–Trinajstić information content (AvgIpc) is 2.10. The second-order valence-electron chi connectivity index (χ2n) is 3.45. The van der Waals surface area contributed by atoms with Crippen LogP contribution in [0.3, 0.4) is 0 Å². The van der Waals surface area contributed by atoms with Gasteiger partial charge in [-0.25, -0.2) is 0 Å². The summed E-state index contributed by atoms with van der Waals surface area (Å²) >= 11 is 0. The van der Waals surface area contributed by atoms with E-state index in [1.807, 2.05) is 0 Å². The van der Waals surface area contributed by atoms with Gasteiger partial charge >= 0.3 is 6.18 Å². The Morgan fingerprint density at radius 2 is 1.73 bits per heavy atom. The second-order valence-corrected chi connectivity index (χ2v) is 3.45. The van der Waals surface area contributed by atoms with E-state index in [0.717, 1.165) is 0 Å². The van der Waals surface area contributed by atoms with E-state index < -0.39 is 30.3 Å². The van der Waals surface area contributed by atoms with Crippen molar-refractivity contribution in [2.45, 2.75) is 26.9 Å². The van der Waals surface area contributed by atoms with Gasteiger partial charge in [0, 0.05) is 12.5 Å². The lowest BCUT2D eigenvalue weighted by molar-refractivity contribution is -0.164. The van der Waals surface area contributed by atoms with Gasteiger partial charge in [-0.1, -0.05) is 13.8 Å². The first-order valence-corrected chi connectivity index (χ1v) is 4.59. The molecule has 0 heterocycles. The van der Waals surface area contributed by atoms with Gasteiger partial charge in [-0.3, -0.25) is 9.59 Å². The molecule has 0 aromatic heterocycles. The van der Waals surface area contributed by atoms with E-state index in [4.69, 9.17) is 0 Å². The summed E-state index contributed by atoms with van der Waals surface area (Å²) in [4.78, 5) is 22.9. The lowest BCUT2D eigenvalue weighted by Gasteiger charge is -2.22. The molecule has 0 aliphatic rings. The van der Waals surface area contributed by atoms with Crippen LogP contribution < -0.4 is 0 Å². The molecule has 88 valence electrons. The third-order valence-corrected chi connectivity index (χ3v) is 1.77. The molecule has 0 unspecified atom stereocenters. The molecular weight excluding hydrogens is 211 g/mol. The number of amides is 1. The SMILES string of the molecule is CCN(CC(F)(F)F)C(=O)C(=O)C(C)C. The molecule has 0 saturated heterocycles. The molecule has 0 radical (unpaired) electrons. The molecule has 0 N–H and O–H groups in total. The predicted molar refractivity (Wildman–Crippen MR) is 48.2 cm³/mol. The Bertz CT molecular complexity index is 248. The van der Waals surface area contributed by atoms with Crippen LogP contribution in [0.1, 0.15) is 20.8 Å². The molecule has 1 amide bonds. The summed E-state index contributed by atoms with van der Waals surface area (Å²) in [6, 6.07) is 0. The maximum atomic E-state index is 12.0. The molecule has 0 saturated carbocycles. The van der Waals surface area contributed by atoms with Gasteiger partial charge in [0.2, 0.25) is 5.78 Å². The number of hydrogen-bond donors (Lipinski definition) is 0. The molecule has 3 nitrogen and oxygen atoms in total. The van der Waals surface area contributed by atoms with Crippen molar-refractivity contribution in [3.63, 3.8) is 0 Å². The summed E-state index contributed by atoms with van der Waals surface area (Å²) in [5.74, 6) is -2.44. The third-order valence-electron chi connectivity index (χ3n) is 1.77. The maximum absolute atomic E-state index is 12.0. The van der Waals surface area contributed by atoms with E-state index in [1.165, 1.54) is 20.8 Å². The molecule has 0 aliphatic carbocycles. The van der Waals surface area contributed by atoms with Gasteiger partial charge in [0.1, 0.15) is 6.54 Å². The van der Waals surface area contributed by atoms with E-state index in [2.05, 4.69) is 0 Å². The smallest absolute Gasteiger partial charge is 0.327 e. The van der Waals surface area contributed by atoms with Crippen molar-refractivity contribution in [1.82, 2.24) is 4.90 Å². The number of Topliss-reactive ketones (excluding diaryl/α,β-unsaturated/α-hetero) is 1. The first kappa shape index (κ1) is 13.9. The molecule has 6 heteroatoms. The van der Waals surface area contributed by atoms with Crippen molar-refractivity contribution >= 4 is 11.7 Å². The summed E-state index contributed by atoms with van der Waals surface area (Å²) in [6.45, 7) is 2.85. The van der Waals surface area contributed by atoms with Crippen LogP contribution in [0.25, 0.3) is 0 Å². The molecule has 0 aromatic rings. The number of nitrogens with zero attached hydrogens (tertiary/aromatic N) is 1. The Kier molecular flexibility index (Phi) is 4.77. The minimum atomic E-state index is -4.47. The van der Waals surface area contributed by atoms with Gasteiger partial charge in [0.15, 0.2) is 0 Å². The van der Waals surface area contributed by atoms with Crippen molar-refractivity contribution < 1.29 is 22.8 Å². The lowest BCUT2D eigenvalue weighted by Crippen LogP contribution is -2.43. The third kappa shape index (κ3) is 4.80. The Balaban J connectivity index is 4.56. The highest BCUT2D eigenvalue weighted by molar-refractivity contribution is 6.36. The number of halogens is 3. The normalized spacial score (nSPS) is 11.7. The molecule has 0 spiro atoms. The number of rotatable bonds is 4. The molecule has 0 fully saturated rings. The highest BCUT2D eigenvalue weighted by Gasteiger charge is 2.34. The van der Waals surface area contributed by atoms with Crippen molar-refractivity contribution in [3.8, 4) is 0 Å². The summed E-state index contributed by atoms with van der Waals surface area (Å²) in [5.41, 5.74) is 0. The topological polar surface area (TPSA) is 37.4 Å². The number of hydrogen-bond acceptors (Lipinski definition) is 2. The minimum absolute atomic E-state index is 0.128. The van der Waals surface area contributed by atoms with Gasteiger partial charge in [0.25, 0.3) is 5.91 Å². The number of alkyl halides is 3. The molecule has 0 aromatic carbocycles.